The maximum Gasteiger partial charge on any atom is 0.416 e. The highest BCUT2D eigenvalue weighted by atomic mass is 19.4. The molecule has 1 aliphatic heterocycles. The summed E-state index contributed by atoms with van der Waals surface area (Å²) >= 11 is 0. The summed E-state index contributed by atoms with van der Waals surface area (Å²) in [4.78, 5) is 12.8. The average molecular weight is 385 g/mol. The summed E-state index contributed by atoms with van der Waals surface area (Å²) < 4.78 is 48.4. The van der Waals surface area contributed by atoms with E-state index in [2.05, 4.69) is 32.0 Å². The number of ether oxygens (including phenoxy) is 1. The normalized spacial score (nSPS) is 16.7. The van der Waals surface area contributed by atoms with Crippen molar-refractivity contribution in [1.29, 1.82) is 0 Å². The molecule has 3 heterocycles. The lowest BCUT2D eigenvalue weighted by Gasteiger charge is -2.34. The van der Waals surface area contributed by atoms with Gasteiger partial charge in [-0.25, -0.2) is 0 Å². The molecular formula is C17H22F3N5O2. The molecule has 7 nitrogen and oxygen atoms in total. The molecule has 0 N–H and O–H groups in total. The van der Waals surface area contributed by atoms with E-state index in [1.54, 1.807) is 6.20 Å². The number of likely N-dealkylation sites (N-methyl/N-ethyl adjacent to an activating group) is 1. The minimum absolute atomic E-state index is 0.0332. The van der Waals surface area contributed by atoms with Gasteiger partial charge in [0.15, 0.2) is 5.60 Å². The largest absolute Gasteiger partial charge is 0.416 e. The van der Waals surface area contributed by atoms with Gasteiger partial charge in [-0.15, -0.1) is 0 Å². The molecule has 3 rings (SSSR count). The Labute approximate surface area is 155 Å². The number of nitrogens with zero attached hydrogens (tertiary/aromatic N) is 5. The van der Waals surface area contributed by atoms with E-state index in [4.69, 9.17) is 9.26 Å². The van der Waals surface area contributed by atoms with Gasteiger partial charge in [-0.05, 0) is 33.0 Å². The van der Waals surface area contributed by atoms with Gasteiger partial charge in [0.25, 0.3) is 5.89 Å². The molecule has 0 amide bonds. The number of pyridine rings is 1. The molecule has 0 saturated carbocycles. The van der Waals surface area contributed by atoms with Crippen molar-refractivity contribution < 1.29 is 22.4 Å². The molecule has 0 aliphatic carbocycles. The van der Waals surface area contributed by atoms with Crippen LogP contribution >= 0.6 is 0 Å². The van der Waals surface area contributed by atoms with Crippen LogP contribution in [0.25, 0.3) is 11.5 Å². The van der Waals surface area contributed by atoms with Crippen LogP contribution in [0.4, 0.5) is 18.9 Å². The number of anilines is 1. The summed E-state index contributed by atoms with van der Waals surface area (Å²) in [6.45, 7) is 5.21. The maximum atomic E-state index is 12.8. The fourth-order valence-electron chi connectivity index (χ4n) is 2.54. The van der Waals surface area contributed by atoms with E-state index >= 15 is 0 Å². The van der Waals surface area contributed by atoms with Crippen molar-refractivity contribution in [3.05, 3.63) is 24.2 Å². The highest BCUT2D eigenvalue weighted by molar-refractivity contribution is 5.58. The van der Waals surface area contributed by atoms with Gasteiger partial charge in [-0.3, -0.25) is 4.98 Å². The van der Waals surface area contributed by atoms with Crippen molar-refractivity contribution in [3.63, 3.8) is 0 Å². The fraction of sp³-hybridized carbons (Fsp3) is 0.588. The number of hydrogen-bond donors (Lipinski definition) is 0. The first-order valence-electron chi connectivity index (χ1n) is 8.59. The van der Waals surface area contributed by atoms with Crippen LogP contribution in [0.2, 0.25) is 0 Å². The van der Waals surface area contributed by atoms with E-state index in [1.807, 2.05) is 12.1 Å². The first-order valence-corrected chi connectivity index (χ1v) is 8.59. The fourth-order valence-corrected chi connectivity index (χ4v) is 2.54. The van der Waals surface area contributed by atoms with Crippen LogP contribution in [-0.4, -0.2) is 65.0 Å². The summed E-state index contributed by atoms with van der Waals surface area (Å²) in [6, 6.07) is 3.76. The number of alkyl halides is 3. The Bertz CT molecular complexity index is 770. The highest BCUT2D eigenvalue weighted by Crippen LogP contribution is 2.33. The number of piperazine rings is 1. The van der Waals surface area contributed by atoms with E-state index in [0.717, 1.165) is 45.7 Å². The molecule has 0 radical (unpaired) electrons. The van der Waals surface area contributed by atoms with Gasteiger partial charge < -0.3 is 19.1 Å². The smallest absolute Gasteiger partial charge is 0.369 e. The standard InChI is InChI=1S/C17H22F3N5O2/c1-16(2,17(18,19)20)26-11-14-22-15(23-27-14)13-10-12(4-5-21-13)25-8-6-24(3)7-9-25/h4-5,10H,6-9,11H2,1-3H3. The van der Waals surface area contributed by atoms with Gasteiger partial charge in [0.2, 0.25) is 5.82 Å². The van der Waals surface area contributed by atoms with Crippen LogP contribution in [-0.2, 0) is 11.3 Å². The highest BCUT2D eigenvalue weighted by Gasteiger charge is 2.48. The van der Waals surface area contributed by atoms with Crippen molar-refractivity contribution in [2.75, 3.05) is 38.1 Å². The molecule has 1 aliphatic rings. The summed E-state index contributed by atoms with van der Waals surface area (Å²) in [5.74, 6) is 0.184. The molecule has 10 heteroatoms. The van der Waals surface area contributed by atoms with E-state index in [0.29, 0.717) is 5.69 Å². The van der Waals surface area contributed by atoms with E-state index < -0.39 is 18.4 Å². The van der Waals surface area contributed by atoms with Gasteiger partial charge >= 0.3 is 6.18 Å². The topological polar surface area (TPSA) is 67.5 Å². The molecule has 1 fully saturated rings. The van der Waals surface area contributed by atoms with Crippen molar-refractivity contribution >= 4 is 5.69 Å². The third-order valence-corrected chi connectivity index (χ3v) is 4.55. The van der Waals surface area contributed by atoms with Gasteiger partial charge in [-0.2, -0.15) is 18.2 Å². The molecule has 148 valence electrons. The molecule has 2 aromatic heterocycles. The minimum Gasteiger partial charge on any atom is -0.369 e. The number of hydrogen-bond acceptors (Lipinski definition) is 7. The first kappa shape index (κ1) is 19.6. The lowest BCUT2D eigenvalue weighted by molar-refractivity contribution is -0.268. The van der Waals surface area contributed by atoms with E-state index in [9.17, 15) is 13.2 Å². The molecular weight excluding hydrogens is 363 g/mol. The predicted molar refractivity (Wildman–Crippen MR) is 92.2 cm³/mol. The third kappa shape index (κ3) is 4.56. The number of halogens is 3. The van der Waals surface area contributed by atoms with Crippen molar-refractivity contribution in [2.24, 2.45) is 0 Å². The minimum atomic E-state index is -4.49. The second-order valence-corrected chi connectivity index (χ2v) is 7.00. The van der Waals surface area contributed by atoms with E-state index in [1.165, 1.54) is 0 Å². The SMILES string of the molecule is CN1CCN(c2ccnc(-c3noc(COC(C)(C)C(F)(F)F)n3)c2)CC1. The van der Waals surface area contributed by atoms with Crippen LogP contribution in [0.5, 0.6) is 0 Å². The van der Waals surface area contributed by atoms with Crippen LogP contribution in [0, 0.1) is 0 Å². The lowest BCUT2D eigenvalue weighted by atomic mass is 10.1. The Morgan fingerprint density at radius 3 is 2.56 bits per heavy atom. The summed E-state index contributed by atoms with van der Waals surface area (Å²) in [7, 11) is 2.08. The summed E-state index contributed by atoms with van der Waals surface area (Å²) in [5.41, 5.74) is -0.813. The van der Waals surface area contributed by atoms with Crippen LogP contribution in [0.1, 0.15) is 19.7 Å². The van der Waals surface area contributed by atoms with Gasteiger partial charge in [0.1, 0.15) is 12.3 Å². The first-order chi connectivity index (χ1) is 12.7. The monoisotopic (exact) mass is 385 g/mol. The molecule has 27 heavy (non-hydrogen) atoms. The van der Waals surface area contributed by atoms with Crippen LogP contribution in [0.15, 0.2) is 22.9 Å². The van der Waals surface area contributed by atoms with Gasteiger partial charge in [0, 0.05) is 38.1 Å². The van der Waals surface area contributed by atoms with Crippen LogP contribution in [0.3, 0.4) is 0 Å². The summed E-state index contributed by atoms with van der Waals surface area (Å²) in [5, 5.41) is 3.81. The Hall–Kier alpha value is -2.20. The lowest BCUT2D eigenvalue weighted by Crippen LogP contribution is -2.44. The Balaban J connectivity index is 1.69. The van der Waals surface area contributed by atoms with Crippen molar-refractivity contribution in [2.45, 2.75) is 32.2 Å². The maximum absolute atomic E-state index is 12.8. The van der Waals surface area contributed by atoms with Crippen molar-refractivity contribution in [1.82, 2.24) is 20.0 Å². The Morgan fingerprint density at radius 2 is 1.89 bits per heavy atom. The molecule has 2 aromatic rings. The zero-order chi connectivity index (χ0) is 19.7. The third-order valence-electron chi connectivity index (χ3n) is 4.55. The molecule has 0 spiro atoms. The molecule has 0 aromatic carbocycles. The van der Waals surface area contributed by atoms with Gasteiger partial charge in [0.05, 0.1) is 0 Å². The quantitative estimate of drug-likeness (QED) is 0.784. The zero-order valence-corrected chi connectivity index (χ0v) is 15.5. The molecule has 0 bridgehead atoms. The molecule has 1 saturated heterocycles. The van der Waals surface area contributed by atoms with E-state index in [-0.39, 0.29) is 11.7 Å². The Morgan fingerprint density at radius 1 is 1.19 bits per heavy atom. The molecule has 0 atom stereocenters. The number of rotatable bonds is 5. The molecule has 0 unspecified atom stereocenters. The zero-order valence-electron chi connectivity index (χ0n) is 15.5. The predicted octanol–water partition coefficient (Wildman–Crippen LogP) is 2.74. The van der Waals surface area contributed by atoms with Crippen molar-refractivity contribution in [3.8, 4) is 11.5 Å². The Kier molecular flexibility index (Phi) is 5.38. The van der Waals surface area contributed by atoms with Gasteiger partial charge in [-0.1, -0.05) is 5.16 Å². The number of aromatic nitrogens is 3. The van der Waals surface area contributed by atoms with Crippen LogP contribution < -0.4 is 4.90 Å². The summed E-state index contributed by atoms with van der Waals surface area (Å²) in [6.07, 6.45) is -2.84. The average Bonchev–Trinajstić information content (AvgIpc) is 3.09. The second-order valence-electron chi connectivity index (χ2n) is 7.00. The second kappa shape index (κ2) is 7.43.